The fourth-order valence-corrected chi connectivity index (χ4v) is 2.46. The number of aryl methyl sites for hydroxylation is 1. The second kappa shape index (κ2) is 8.17. The lowest BCUT2D eigenvalue weighted by atomic mass is 9.82. The molecule has 0 aliphatic heterocycles. The molecule has 1 rings (SSSR count). The van der Waals surface area contributed by atoms with Gasteiger partial charge in [0.05, 0.1) is 5.41 Å². The zero-order valence-electron chi connectivity index (χ0n) is 13.7. The number of rotatable bonds is 8. The van der Waals surface area contributed by atoms with Gasteiger partial charge in [0.15, 0.2) is 0 Å². The van der Waals surface area contributed by atoms with Gasteiger partial charge in [0.2, 0.25) is 0 Å². The van der Waals surface area contributed by atoms with E-state index in [9.17, 15) is 27.9 Å². The van der Waals surface area contributed by atoms with Crippen molar-refractivity contribution in [2.24, 2.45) is 5.41 Å². The van der Waals surface area contributed by atoms with Gasteiger partial charge in [-0.15, -0.1) is 0 Å². The number of carboxylic acids is 1. The molecule has 0 aliphatic rings. The molecule has 1 amide bonds. The van der Waals surface area contributed by atoms with E-state index >= 15 is 0 Å². The quantitative estimate of drug-likeness (QED) is 0.753. The molecular formula is C17H22F3NO3. The molecule has 0 radical (unpaired) electrons. The Labute approximate surface area is 139 Å². The number of nitrogens with one attached hydrogen (secondary N) is 1. The van der Waals surface area contributed by atoms with E-state index in [1.807, 2.05) is 0 Å². The van der Waals surface area contributed by atoms with Crippen molar-refractivity contribution in [2.75, 3.05) is 6.54 Å². The van der Waals surface area contributed by atoms with Crippen molar-refractivity contribution in [2.45, 2.75) is 45.7 Å². The highest BCUT2D eigenvalue weighted by atomic mass is 19.4. The number of hydrogen-bond acceptors (Lipinski definition) is 2. The third-order valence-electron chi connectivity index (χ3n) is 4.33. The second-order valence-corrected chi connectivity index (χ2v) is 5.75. The van der Waals surface area contributed by atoms with Crippen LogP contribution in [0.3, 0.4) is 0 Å². The molecule has 0 fully saturated rings. The first-order valence-corrected chi connectivity index (χ1v) is 7.81. The van der Waals surface area contributed by atoms with Crippen LogP contribution in [0.5, 0.6) is 0 Å². The van der Waals surface area contributed by atoms with Crippen LogP contribution in [-0.2, 0) is 11.2 Å². The Bertz CT molecular complexity index is 581. The Balaban J connectivity index is 2.87. The standard InChI is InChI=1S/C17H22F3NO3/c1-3-16(4-2,15(23)24)11-21-14(22)13-8-6-5-7-12(13)9-10-17(18,19)20/h5-8H,3-4,9-11H2,1-2H3,(H,21,22)(H,23,24). The Morgan fingerprint density at radius 3 is 2.21 bits per heavy atom. The van der Waals surface area contributed by atoms with E-state index in [0.717, 1.165) is 0 Å². The third kappa shape index (κ3) is 5.25. The molecule has 2 N–H and O–H groups in total. The number of carboxylic acid groups (broad SMARTS) is 1. The van der Waals surface area contributed by atoms with Gasteiger partial charge in [-0.2, -0.15) is 13.2 Å². The average molecular weight is 345 g/mol. The van der Waals surface area contributed by atoms with Crippen molar-refractivity contribution in [1.29, 1.82) is 0 Å². The van der Waals surface area contributed by atoms with E-state index in [-0.39, 0.29) is 18.5 Å². The van der Waals surface area contributed by atoms with Gasteiger partial charge in [-0.05, 0) is 30.9 Å². The highest BCUT2D eigenvalue weighted by molar-refractivity contribution is 5.96. The van der Waals surface area contributed by atoms with Crippen molar-refractivity contribution in [3.63, 3.8) is 0 Å². The van der Waals surface area contributed by atoms with Crippen LogP contribution in [0.15, 0.2) is 24.3 Å². The van der Waals surface area contributed by atoms with Gasteiger partial charge in [0.1, 0.15) is 0 Å². The number of carbonyl (C=O) groups excluding carboxylic acids is 1. The lowest BCUT2D eigenvalue weighted by Crippen LogP contribution is -2.42. The smallest absolute Gasteiger partial charge is 0.389 e. The average Bonchev–Trinajstić information content (AvgIpc) is 2.53. The Morgan fingerprint density at radius 1 is 1.12 bits per heavy atom. The maximum absolute atomic E-state index is 12.4. The molecule has 0 saturated carbocycles. The van der Waals surface area contributed by atoms with Crippen LogP contribution in [0.1, 0.15) is 49.0 Å². The minimum atomic E-state index is -4.30. The zero-order chi connectivity index (χ0) is 18.4. The summed E-state index contributed by atoms with van der Waals surface area (Å²) in [6.07, 6.45) is -4.92. The predicted octanol–water partition coefficient (Wildman–Crippen LogP) is 3.80. The van der Waals surface area contributed by atoms with Gasteiger partial charge >= 0.3 is 12.1 Å². The van der Waals surface area contributed by atoms with Crippen molar-refractivity contribution in [1.82, 2.24) is 5.32 Å². The van der Waals surface area contributed by atoms with Crippen molar-refractivity contribution < 1.29 is 27.9 Å². The molecule has 1 aromatic carbocycles. The molecule has 7 heteroatoms. The van der Waals surface area contributed by atoms with E-state index in [1.54, 1.807) is 26.0 Å². The highest BCUT2D eigenvalue weighted by Gasteiger charge is 2.35. The first-order valence-electron chi connectivity index (χ1n) is 7.81. The van der Waals surface area contributed by atoms with Crippen LogP contribution in [0.2, 0.25) is 0 Å². The molecule has 24 heavy (non-hydrogen) atoms. The fraction of sp³-hybridized carbons (Fsp3) is 0.529. The van der Waals surface area contributed by atoms with Crippen molar-refractivity contribution >= 4 is 11.9 Å². The number of benzene rings is 1. The summed E-state index contributed by atoms with van der Waals surface area (Å²) in [5.74, 6) is -1.56. The SMILES string of the molecule is CCC(CC)(CNC(=O)c1ccccc1CCC(F)(F)F)C(=O)O. The Hall–Kier alpha value is -2.05. The molecule has 0 spiro atoms. The number of alkyl halides is 3. The van der Waals surface area contributed by atoms with Gasteiger partial charge in [-0.3, -0.25) is 9.59 Å². The van der Waals surface area contributed by atoms with E-state index in [4.69, 9.17) is 0 Å². The maximum Gasteiger partial charge on any atom is 0.389 e. The maximum atomic E-state index is 12.4. The van der Waals surface area contributed by atoms with Gasteiger partial charge in [0.25, 0.3) is 5.91 Å². The molecule has 0 unspecified atom stereocenters. The number of amides is 1. The summed E-state index contributed by atoms with van der Waals surface area (Å²) in [7, 11) is 0. The summed E-state index contributed by atoms with van der Waals surface area (Å²) < 4.78 is 37.2. The van der Waals surface area contributed by atoms with Crippen LogP contribution in [0, 0.1) is 5.41 Å². The number of aliphatic carboxylic acids is 1. The molecule has 1 aromatic rings. The monoisotopic (exact) mass is 345 g/mol. The van der Waals surface area contributed by atoms with Crippen LogP contribution in [-0.4, -0.2) is 29.7 Å². The summed E-state index contributed by atoms with van der Waals surface area (Å²) in [5.41, 5.74) is -0.633. The van der Waals surface area contributed by atoms with Gasteiger partial charge in [0, 0.05) is 18.5 Å². The minimum absolute atomic E-state index is 0.0677. The minimum Gasteiger partial charge on any atom is -0.481 e. The van der Waals surface area contributed by atoms with Crippen LogP contribution in [0.4, 0.5) is 13.2 Å². The second-order valence-electron chi connectivity index (χ2n) is 5.75. The van der Waals surface area contributed by atoms with Gasteiger partial charge in [-0.25, -0.2) is 0 Å². The number of hydrogen-bond donors (Lipinski definition) is 2. The first kappa shape index (κ1) is 20.0. The first-order chi connectivity index (χ1) is 11.1. The van der Waals surface area contributed by atoms with Crippen molar-refractivity contribution in [3.8, 4) is 0 Å². The molecule has 0 atom stereocenters. The third-order valence-corrected chi connectivity index (χ3v) is 4.33. The van der Waals surface area contributed by atoms with Crippen LogP contribution < -0.4 is 5.32 Å². The van der Waals surface area contributed by atoms with E-state index < -0.39 is 29.9 Å². The summed E-state index contributed by atoms with van der Waals surface area (Å²) in [4.78, 5) is 23.7. The summed E-state index contributed by atoms with van der Waals surface area (Å²) in [6.45, 7) is 3.38. The Morgan fingerprint density at radius 2 is 1.71 bits per heavy atom. The lowest BCUT2D eigenvalue weighted by molar-refractivity contribution is -0.149. The molecule has 0 aliphatic carbocycles. The van der Waals surface area contributed by atoms with Crippen LogP contribution >= 0.6 is 0 Å². The summed E-state index contributed by atoms with van der Waals surface area (Å²) >= 11 is 0. The molecule has 0 aromatic heterocycles. The normalized spacial score (nSPS) is 12.0. The predicted molar refractivity (Wildman–Crippen MR) is 83.8 cm³/mol. The molecule has 4 nitrogen and oxygen atoms in total. The fourth-order valence-electron chi connectivity index (χ4n) is 2.46. The molecular weight excluding hydrogens is 323 g/mol. The molecule has 0 heterocycles. The van der Waals surface area contributed by atoms with Crippen LogP contribution in [0.25, 0.3) is 0 Å². The van der Waals surface area contributed by atoms with Gasteiger partial charge in [-0.1, -0.05) is 32.0 Å². The van der Waals surface area contributed by atoms with E-state index in [0.29, 0.717) is 18.4 Å². The molecule has 0 bridgehead atoms. The lowest BCUT2D eigenvalue weighted by Gasteiger charge is -2.27. The van der Waals surface area contributed by atoms with E-state index in [2.05, 4.69) is 5.32 Å². The van der Waals surface area contributed by atoms with E-state index in [1.165, 1.54) is 12.1 Å². The number of halogens is 3. The largest absolute Gasteiger partial charge is 0.481 e. The summed E-state index contributed by atoms with van der Waals surface area (Å²) in [5, 5.41) is 11.9. The Kier molecular flexibility index (Phi) is 6.81. The van der Waals surface area contributed by atoms with Crippen molar-refractivity contribution in [3.05, 3.63) is 35.4 Å². The zero-order valence-corrected chi connectivity index (χ0v) is 13.7. The number of carbonyl (C=O) groups is 2. The molecule has 134 valence electrons. The summed E-state index contributed by atoms with van der Waals surface area (Å²) in [6, 6.07) is 6.06. The topological polar surface area (TPSA) is 66.4 Å². The van der Waals surface area contributed by atoms with Gasteiger partial charge < -0.3 is 10.4 Å². The highest BCUT2D eigenvalue weighted by Crippen LogP contribution is 2.26. The molecule has 0 saturated heterocycles.